The minimum atomic E-state index is -1.15. The van der Waals surface area contributed by atoms with E-state index in [9.17, 15) is 0 Å². The molecule has 0 aromatic carbocycles. The lowest BCUT2D eigenvalue weighted by atomic mass is 9.81. The Morgan fingerprint density at radius 1 is 1.04 bits per heavy atom. The van der Waals surface area contributed by atoms with E-state index in [1.807, 2.05) is 0 Å². The second-order valence-corrected chi connectivity index (χ2v) is 8.12. The molecule has 3 aliphatic carbocycles. The number of hydrogen-bond donors (Lipinski definition) is 3. The first-order valence-corrected chi connectivity index (χ1v) is 9.91. The Hall–Kier alpha value is -0.715. The smallest absolute Gasteiger partial charge is 0.427 e. The number of rotatable bonds is 8. The molecule has 3 fully saturated rings. The van der Waals surface area contributed by atoms with E-state index in [1.54, 1.807) is 0 Å². The van der Waals surface area contributed by atoms with Gasteiger partial charge in [0.2, 0.25) is 0 Å². The van der Waals surface area contributed by atoms with E-state index in [-0.39, 0.29) is 6.15 Å². The second kappa shape index (κ2) is 10.4. The van der Waals surface area contributed by atoms with Crippen LogP contribution in [0.2, 0.25) is 6.32 Å². The van der Waals surface area contributed by atoms with Crippen molar-refractivity contribution in [2.45, 2.75) is 88.7 Å². The highest BCUT2D eigenvalue weighted by atomic mass is 16.4. The molecule has 3 rings (SSSR count). The van der Waals surface area contributed by atoms with E-state index < -0.39 is 7.12 Å². The van der Waals surface area contributed by atoms with Crippen molar-refractivity contribution in [1.82, 2.24) is 4.90 Å². The van der Waals surface area contributed by atoms with Crippen LogP contribution in [-0.4, -0.2) is 52.9 Å². The third-order valence-electron chi connectivity index (χ3n) is 6.44. The molecule has 0 unspecified atom stereocenters. The molecule has 4 N–H and O–H groups in total. The van der Waals surface area contributed by atoms with Crippen molar-refractivity contribution in [1.29, 1.82) is 0 Å². The molecule has 0 saturated heterocycles. The predicted molar refractivity (Wildman–Crippen MR) is 95.4 cm³/mol. The van der Waals surface area contributed by atoms with Gasteiger partial charge < -0.3 is 15.8 Å². The molecule has 0 spiro atoms. The summed E-state index contributed by atoms with van der Waals surface area (Å²) >= 11 is 0. The van der Waals surface area contributed by atoms with Crippen LogP contribution in [0.3, 0.4) is 0 Å². The summed E-state index contributed by atoms with van der Waals surface area (Å²) in [6.45, 7) is 1.27. The topological polar surface area (TPSA) is 104 Å². The Morgan fingerprint density at radius 3 is 2.04 bits per heavy atom. The van der Waals surface area contributed by atoms with Crippen molar-refractivity contribution in [3.05, 3.63) is 0 Å². The van der Waals surface area contributed by atoms with Crippen LogP contribution in [0.1, 0.15) is 64.2 Å². The summed E-state index contributed by atoms with van der Waals surface area (Å²) in [6.07, 6.45) is 13.6. The highest BCUT2D eigenvalue weighted by molar-refractivity contribution is 6.40. The fourth-order valence-corrected chi connectivity index (χ4v) is 4.65. The zero-order chi connectivity index (χ0) is 18.2. The van der Waals surface area contributed by atoms with E-state index in [1.165, 1.54) is 57.9 Å². The number of nitrogens with zero attached hydrogens (tertiary/aromatic N) is 1. The van der Waals surface area contributed by atoms with Gasteiger partial charge in [0.15, 0.2) is 0 Å². The lowest BCUT2D eigenvalue weighted by Gasteiger charge is -2.47. The largest absolute Gasteiger partial charge is 0.451 e. The molecule has 3 saturated carbocycles. The Kier molecular flexibility index (Phi) is 8.60. The van der Waals surface area contributed by atoms with Gasteiger partial charge in [-0.15, -0.1) is 0 Å². The molecule has 7 heteroatoms. The monoisotopic (exact) mass is 352 g/mol. The first-order chi connectivity index (χ1) is 12.0. The average molecular weight is 352 g/mol. The fourth-order valence-electron chi connectivity index (χ4n) is 4.65. The molecule has 0 bridgehead atoms. The second-order valence-electron chi connectivity index (χ2n) is 8.12. The summed E-state index contributed by atoms with van der Waals surface area (Å²) in [4.78, 5) is 19.1. The van der Waals surface area contributed by atoms with Crippen LogP contribution in [0, 0.1) is 11.8 Å². The SMILES string of the molecule is N[C@H]1C[C@@H](CN(C2CCC2)C2CCC2)C[C@@H]1CCCB(O)O.O=C=O. The zero-order valence-corrected chi connectivity index (χ0v) is 15.2. The average Bonchev–Trinajstić information content (AvgIpc) is 2.75. The van der Waals surface area contributed by atoms with Gasteiger partial charge in [-0.3, -0.25) is 4.90 Å². The Morgan fingerprint density at radius 2 is 1.60 bits per heavy atom. The van der Waals surface area contributed by atoms with Gasteiger partial charge in [0.1, 0.15) is 0 Å². The van der Waals surface area contributed by atoms with Crippen molar-refractivity contribution in [2.75, 3.05) is 6.54 Å². The Labute approximate surface area is 151 Å². The van der Waals surface area contributed by atoms with Crippen molar-refractivity contribution < 1.29 is 19.6 Å². The molecule has 25 heavy (non-hydrogen) atoms. The van der Waals surface area contributed by atoms with Gasteiger partial charge >= 0.3 is 13.3 Å². The van der Waals surface area contributed by atoms with Crippen molar-refractivity contribution in [2.24, 2.45) is 17.6 Å². The van der Waals surface area contributed by atoms with Gasteiger partial charge in [-0.05, 0) is 63.1 Å². The van der Waals surface area contributed by atoms with Crippen LogP contribution in [0.25, 0.3) is 0 Å². The third-order valence-corrected chi connectivity index (χ3v) is 6.44. The van der Waals surface area contributed by atoms with Crippen LogP contribution in [0.15, 0.2) is 0 Å². The summed E-state index contributed by atoms with van der Waals surface area (Å²) in [5.74, 6) is 1.36. The van der Waals surface area contributed by atoms with Crippen molar-refractivity contribution >= 4 is 13.3 Å². The van der Waals surface area contributed by atoms with Crippen LogP contribution in [0.5, 0.6) is 0 Å². The molecule has 0 heterocycles. The van der Waals surface area contributed by atoms with Gasteiger partial charge in [0.05, 0.1) is 0 Å². The lowest BCUT2D eigenvalue weighted by Crippen LogP contribution is -2.51. The van der Waals surface area contributed by atoms with Gasteiger partial charge in [-0.25, -0.2) is 0 Å². The van der Waals surface area contributed by atoms with Crippen LogP contribution in [-0.2, 0) is 9.59 Å². The summed E-state index contributed by atoms with van der Waals surface area (Å²) in [6, 6.07) is 2.06. The van der Waals surface area contributed by atoms with E-state index in [0.717, 1.165) is 30.8 Å². The zero-order valence-electron chi connectivity index (χ0n) is 15.2. The molecule has 0 aromatic heterocycles. The summed E-state index contributed by atoms with van der Waals surface area (Å²) in [5, 5.41) is 17.9. The molecule has 3 aliphatic rings. The van der Waals surface area contributed by atoms with Crippen molar-refractivity contribution in [3.63, 3.8) is 0 Å². The molecular formula is C18H33BN2O4. The number of carbonyl (C=O) groups excluding carboxylic acids is 2. The molecule has 3 atom stereocenters. The quantitative estimate of drug-likeness (QED) is 0.571. The van der Waals surface area contributed by atoms with E-state index in [0.29, 0.717) is 18.3 Å². The maximum Gasteiger partial charge on any atom is 0.451 e. The summed E-state index contributed by atoms with van der Waals surface area (Å²) < 4.78 is 0. The lowest BCUT2D eigenvalue weighted by molar-refractivity contribution is -0.191. The van der Waals surface area contributed by atoms with Gasteiger partial charge in [0, 0.05) is 24.7 Å². The predicted octanol–water partition coefficient (Wildman–Crippen LogP) is 1.42. The maximum atomic E-state index is 8.97. The fraction of sp³-hybridized carbons (Fsp3) is 0.944. The summed E-state index contributed by atoms with van der Waals surface area (Å²) in [7, 11) is -1.15. The highest BCUT2D eigenvalue weighted by Crippen LogP contribution is 2.39. The minimum absolute atomic E-state index is 0.250. The van der Waals surface area contributed by atoms with Crippen LogP contribution in [0.4, 0.5) is 0 Å². The molecule has 0 radical (unpaired) electrons. The van der Waals surface area contributed by atoms with E-state index in [4.69, 9.17) is 25.4 Å². The van der Waals surface area contributed by atoms with Crippen molar-refractivity contribution in [3.8, 4) is 0 Å². The Balaban J connectivity index is 0.000000701. The standard InChI is InChI=1S/C17H33BN2O2.CO2/c19-17-11-13(10-14(17)4-3-9-18(21)22)12-20(15-5-1-6-15)16-7-2-8-16;2-1-3/h13-17,21-22H,1-12,19H2;/t13-,14-,17-;/m0./s1. The van der Waals surface area contributed by atoms with Gasteiger partial charge in [-0.1, -0.05) is 19.3 Å². The van der Waals surface area contributed by atoms with Gasteiger partial charge in [0.25, 0.3) is 0 Å². The van der Waals surface area contributed by atoms with Crippen LogP contribution < -0.4 is 5.73 Å². The molecule has 0 aliphatic heterocycles. The third kappa shape index (κ3) is 6.19. The first-order valence-electron chi connectivity index (χ1n) is 9.91. The molecular weight excluding hydrogens is 319 g/mol. The minimum Gasteiger partial charge on any atom is -0.427 e. The molecule has 0 aromatic rings. The Bertz CT molecular complexity index is 409. The maximum absolute atomic E-state index is 8.97. The van der Waals surface area contributed by atoms with E-state index >= 15 is 0 Å². The number of nitrogens with two attached hydrogens (primary N) is 1. The van der Waals surface area contributed by atoms with Crippen LogP contribution >= 0.6 is 0 Å². The first kappa shape index (κ1) is 20.6. The number of hydrogen-bond acceptors (Lipinski definition) is 6. The highest BCUT2D eigenvalue weighted by Gasteiger charge is 2.38. The molecule has 6 nitrogen and oxygen atoms in total. The van der Waals surface area contributed by atoms with E-state index in [2.05, 4.69) is 4.90 Å². The molecule has 0 amide bonds. The van der Waals surface area contributed by atoms with Gasteiger partial charge in [-0.2, -0.15) is 9.59 Å². The normalized spacial score (nSPS) is 29.4. The molecule has 142 valence electrons. The summed E-state index contributed by atoms with van der Waals surface area (Å²) in [5.41, 5.74) is 6.36.